The Balaban J connectivity index is 1.54. The van der Waals surface area contributed by atoms with Crippen LogP contribution in [0.5, 0.6) is 0 Å². The number of likely N-dealkylation sites (tertiary alicyclic amines) is 1. The molecule has 0 amide bonds. The van der Waals surface area contributed by atoms with E-state index in [0.29, 0.717) is 6.04 Å². The molecule has 4 nitrogen and oxygen atoms in total. The summed E-state index contributed by atoms with van der Waals surface area (Å²) in [5.74, 6) is 0. The Kier molecular flexibility index (Phi) is 4.25. The lowest BCUT2D eigenvalue weighted by Crippen LogP contribution is -2.43. The van der Waals surface area contributed by atoms with Gasteiger partial charge in [0.2, 0.25) is 0 Å². The fourth-order valence-electron chi connectivity index (χ4n) is 3.10. The topological polar surface area (TPSA) is 35.2 Å². The molecule has 2 aromatic rings. The zero-order chi connectivity index (χ0) is 14.7. The van der Waals surface area contributed by atoms with Gasteiger partial charge in [0.05, 0.1) is 12.0 Å². The highest BCUT2D eigenvalue weighted by molar-refractivity contribution is 5.46. The highest BCUT2D eigenvalue weighted by Crippen LogP contribution is 2.22. The van der Waals surface area contributed by atoms with Crippen molar-refractivity contribution in [3.63, 3.8) is 0 Å². The van der Waals surface area contributed by atoms with Gasteiger partial charge < -0.3 is 9.88 Å². The standard InChI is InChI=1S/C17H24N4/c1-14-17(19-13-18-14)12-21-10-8-16(9-11-21)20(2)15-6-4-3-5-7-15/h3-7,13,16H,8-12H2,1-2H3,(H,18,19). The SMILES string of the molecule is Cc1[nH]cnc1CN1CCC(N(C)c2ccccc2)CC1. The zero-order valence-corrected chi connectivity index (χ0v) is 12.9. The van der Waals surface area contributed by atoms with Crippen LogP contribution in [0.1, 0.15) is 24.2 Å². The predicted molar refractivity (Wildman–Crippen MR) is 86.5 cm³/mol. The van der Waals surface area contributed by atoms with Crippen LogP contribution in [0.25, 0.3) is 0 Å². The fourth-order valence-corrected chi connectivity index (χ4v) is 3.10. The van der Waals surface area contributed by atoms with Crippen LogP contribution < -0.4 is 4.90 Å². The number of hydrogen-bond donors (Lipinski definition) is 1. The maximum Gasteiger partial charge on any atom is 0.0925 e. The number of nitrogens with one attached hydrogen (secondary N) is 1. The number of aryl methyl sites for hydroxylation is 1. The number of H-pyrrole nitrogens is 1. The van der Waals surface area contributed by atoms with E-state index in [4.69, 9.17) is 0 Å². The number of aromatic amines is 1. The molecule has 0 atom stereocenters. The van der Waals surface area contributed by atoms with E-state index < -0.39 is 0 Å². The Bertz CT molecular complexity index is 555. The van der Waals surface area contributed by atoms with E-state index in [1.165, 1.54) is 29.9 Å². The van der Waals surface area contributed by atoms with Gasteiger partial charge in [0, 0.05) is 44.1 Å². The molecule has 1 fully saturated rings. The van der Waals surface area contributed by atoms with Crippen molar-refractivity contribution in [2.45, 2.75) is 32.4 Å². The Hall–Kier alpha value is -1.81. The number of nitrogens with zero attached hydrogens (tertiary/aromatic N) is 3. The zero-order valence-electron chi connectivity index (χ0n) is 12.9. The van der Waals surface area contributed by atoms with Crippen LogP contribution in [0, 0.1) is 6.92 Å². The van der Waals surface area contributed by atoms with E-state index >= 15 is 0 Å². The Morgan fingerprint density at radius 2 is 1.95 bits per heavy atom. The first kappa shape index (κ1) is 14.1. The van der Waals surface area contributed by atoms with Crippen molar-refractivity contribution in [3.8, 4) is 0 Å². The van der Waals surface area contributed by atoms with Crippen molar-refractivity contribution < 1.29 is 0 Å². The average Bonchev–Trinajstić information content (AvgIpc) is 2.93. The van der Waals surface area contributed by atoms with Crippen LogP contribution >= 0.6 is 0 Å². The van der Waals surface area contributed by atoms with E-state index in [2.05, 4.69) is 64.1 Å². The van der Waals surface area contributed by atoms with Crippen LogP contribution in [0.2, 0.25) is 0 Å². The van der Waals surface area contributed by atoms with Crippen LogP contribution in [0.3, 0.4) is 0 Å². The largest absolute Gasteiger partial charge is 0.372 e. The molecule has 21 heavy (non-hydrogen) atoms. The molecule has 0 unspecified atom stereocenters. The average molecular weight is 284 g/mol. The molecular formula is C17H24N4. The van der Waals surface area contributed by atoms with Gasteiger partial charge in [0.15, 0.2) is 0 Å². The molecule has 1 aliphatic rings. The number of benzene rings is 1. The van der Waals surface area contributed by atoms with Gasteiger partial charge in [-0.2, -0.15) is 0 Å². The molecule has 2 heterocycles. The predicted octanol–water partition coefficient (Wildman–Crippen LogP) is 2.82. The van der Waals surface area contributed by atoms with Gasteiger partial charge in [0.25, 0.3) is 0 Å². The van der Waals surface area contributed by atoms with E-state index in [-0.39, 0.29) is 0 Å². The second kappa shape index (κ2) is 6.31. The van der Waals surface area contributed by atoms with Crippen molar-refractivity contribution in [1.29, 1.82) is 0 Å². The molecule has 3 rings (SSSR count). The van der Waals surface area contributed by atoms with Crippen molar-refractivity contribution in [2.75, 3.05) is 25.0 Å². The molecule has 1 N–H and O–H groups in total. The molecule has 112 valence electrons. The number of aromatic nitrogens is 2. The lowest BCUT2D eigenvalue weighted by molar-refractivity contribution is 0.201. The molecule has 1 saturated heterocycles. The summed E-state index contributed by atoms with van der Waals surface area (Å²) in [4.78, 5) is 12.5. The Morgan fingerprint density at radius 3 is 2.57 bits per heavy atom. The first-order chi connectivity index (χ1) is 10.2. The van der Waals surface area contributed by atoms with Gasteiger partial charge in [-0.1, -0.05) is 18.2 Å². The summed E-state index contributed by atoms with van der Waals surface area (Å²) >= 11 is 0. The maximum atomic E-state index is 4.40. The van der Waals surface area contributed by atoms with Gasteiger partial charge in [-0.05, 0) is 31.9 Å². The fraction of sp³-hybridized carbons (Fsp3) is 0.471. The van der Waals surface area contributed by atoms with Gasteiger partial charge in [0.1, 0.15) is 0 Å². The molecule has 0 spiro atoms. The van der Waals surface area contributed by atoms with Gasteiger partial charge in [-0.25, -0.2) is 4.98 Å². The van der Waals surface area contributed by atoms with Crippen molar-refractivity contribution in [3.05, 3.63) is 48.0 Å². The van der Waals surface area contributed by atoms with E-state index in [0.717, 1.165) is 19.6 Å². The van der Waals surface area contributed by atoms with Crippen LogP contribution in [0.15, 0.2) is 36.7 Å². The molecule has 4 heteroatoms. The van der Waals surface area contributed by atoms with Gasteiger partial charge in [-0.15, -0.1) is 0 Å². The normalized spacial score (nSPS) is 17.0. The smallest absolute Gasteiger partial charge is 0.0925 e. The molecule has 0 aliphatic carbocycles. The lowest BCUT2D eigenvalue weighted by atomic mass is 10.0. The number of para-hydroxylation sites is 1. The Morgan fingerprint density at radius 1 is 1.24 bits per heavy atom. The van der Waals surface area contributed by atoms with Gasteiger partial charge in [-0.3, -0.25) is 4.90 Å². The molecule has 1 aliphatic heterocycles. The summed E-state index contributed by atoms with van der Waals surface area (Å²) in [7, 11) is 2.22. The monoisotopic (exact) mass is 284 g/mol. The molecule has 1 aromatic carbocycles. The summed E-state index contributed by atoms with van der Waals surface area (Å²) < 4.78 is 0. The molecule has 1 aromatic heterocycles. The molecular weight excluding hydrogens is 260 g/mol. The Labute approximate surface area is 126 Å². The summed E-state index contributed by atoms with van der Waals surface area (Å²) in [6, 6.07) is 11.3. The second-order valence-electron chi connectivity index (χ2n) is 5.93. The number of imidazole rings is 1. The number of anilines is 1. The molecule has 0 bridgehead atoms. The number of hydrogen-bond acceptors (Lipinski definition) is 3. The first-order valence-corrected chi connectivity index (χ1v) is 7.73. The van der Waals surface area contributed by atoms with Crippen molar-refractivity contribution in [1.82, 2.24) is 14.9 Å². The van der Waals surface area contributed by atoms with Crippen molar-refractivity contribution in [2.24, 2.45) is 0 Å². The van der Waals surface area contributed by atoms with E-state index in [1.807, 2.05) is 0 Å². The third kappa shape index (κ3) is 3.27. The third-order valence-electron chi connectivity index (χ3n) is 4.58. The second-order valence-corrected chi connectivity index (χ2v) is 5.93. The minimum absolute atomic E-state index is 0.643. The van der Waals surface area contributed by atoms with Crippen LogP contribution in [-0.2, 0) is 6.54 Å². The van der Waals surface area contributed by atoms with Gasteiger partial charge >= 0.3 is 0 Å². The summed E-state index contributed by atoms with van der Waals surface area (Å²) in [5, 5.41) is 0. The minimum atomic E-state index is 0.643. The molecule has 0 radical (unpaired) electrons. The number of rotatable bonds is 4. The number of piperidine rings is 1. The third-order valence-corrected chi connectivity index (χ3v) is 4.58. The first-order valence-electron chi connectivity index (χ1n) is 7.73. The highest BCUT2D eigenvalue weighted by atomic mass is 15.2. The maximum absolute atomic E-state index is 4.40. The summed E-state index contributed by atoms with van der Waals surface area (Å²) in [5.41, 5.74) is 3.70. The summed E-state index contributed by atoms with van der Waals surface area (Å²) in [6.07, 6.45) is 4.23. The van der Waals surface area contributed by atoms with Crippen LogP contribution in [0.4, 0.5) is 5.69 Å². The van der Waals surface area contributed by atoms with E-state index in [9.17, 15) is 0 Å². The molecule has 0 saturated carbocycles. The van der Waals surface area contributed by atoms with E-state index in [1.54, 1.807) is 6.33 Å². The van der Waals surface area contributed by atoms with Crippen LogP contribution in [-0.4, -0.2) is 41.0 Å². The quantitative estimate of drug-likeness (QED) is 0.937. The summed E-state index contributed by atoms with van der Waals surface area (Å²) in [6.45, 7) is 5.36. The minimum Gasteiger partial charge on any atom is -0.372 e. The van der Waals surface area contributed by atoms with Crippen molar-refractivity contribution >= 4 is 5.69 Å². The highest BCUT2D eigenvalue weighted by Gasteiger charge is 2.23. The lowest BCUT2D eigenvalue weighted by Gasteiger charge is -2.37.